The first-order valence-corrected chi connectivity index (χ1v) is 6.29. The second-order valence-electron chi connectivity index (χ2n) is 4.86. The van der Waals surface area contributed by atoms with Crippen LogP contribution in [0.15, 0.2) is 11.4 Å². The first-order valence-electron chi connectivity index (χ1n) is 5.41. The summed E-state index contributed by atoms with van der Waals surface area (Å²) in [6.07, 6.45) is 0.482. The predicted molar refractivity (Wildman–Crippen MR) is 64.9 cm³/mol. The zero-order chi connectivity index (χ0) is 12.6. The summed E-state index contributed by atoms with van der Waals surface area (Å²) in [6, 6.07) is 1.64. The fourth-order valence-corrected chi connectivity index (χ4v) is 3.31. The fourth-order valence-electron chi connectivity index (χ4n) is 2.17. The number of methoxy groups -OCH3 is 1. The molecule has 92 valence electrons. The quantitative estimate of drug-likeness (QED) is 0.821. The number of rotatable bonds is 2. The Balaban J connectivity index is 2.38. The van der Waals surface area contributed by atoms with Gasteiger partial charge in [-0.25, -0.2) is 4.79 Å². The van der Waals surface area contributed by atoms with Crippen molar-refractivity contribution < 1.29 is 14.3 Å². The topological polar surface area (TPSA) is 55.4 Å². The Morgan fingerprint density at radius 3 is 2.82 bits per heavy atom. The monoisotopic (exact) mass is 253 g/mol. The Morgan fingerprint density at radius 2 is 2.29 bits per heavy atom. The van der Waals surface area contributed by atoms with Gasteiger partial charge in [0.25, 0.3) is 0 Å². The van der Waals surface area contributed by atoms with Gasteiger partial charge in [-0.3, -0.25) is 4.79 Å². The van der Waals surface area contributed by atoms with Crippen LogP contribution in [0.5, 0.6) is 0 Å². The van der Waals surface area contributed by atoms with Crippen molar-refractivity contribution >= 4 is 23.2 Å². The standard InChI is InChI=1S/C12H15NO3S/c1-12(2)6-8(14)13-10(12)9-7(4-5-17-9)11(15)16-3/h4-5,10H,6H2,1-3H3,(H,13,14). The van der Waals surface area contributed by atoms with E-state index in [0.29, 0.717) is 12.0 Å². The third-order valence-electron chi connectivity index (χ3n) is 3.07. The molecule has 1 aromatic rings. The number of ether oxygens (including phenoxy) is 1. The number of amides is 1. The molecule has 0 aliphatic carbocycles. The number of nitrogens with one attached hydrogen (secondary N) is 1. The summed E-state index contributed by atoms with van der Waals surface area (Å²) in [5, 5.41) is 4.78. The summed E-state index contributed by atoms with van der Waals surface area (Å²) in [4.78, 5) is 24.0. The zero-order valence-electron chi connectivity index (χ0n) is 10.1. The van der Waals surface area contributed by atoms with Crippen LogP contribution in [-0.2, 0) is 9.53 Å². The van der Waals surface area contributed by atoms with Gasteiger partial charge >= 0.3 is 5.97 Å². The van der Waals surface area contributed by atoms with Crippen LogP contribution in [0.1, 0.15) is 41.5 Å². The molecule has 1 aliphatic heterocycles. The van der Waals surface area contributed by atoms with Crippen molar-refractivity contribution in [2.24, 2.45) is 5.41 Å². The van der Waals surface area contributed by atoms with Crippen LogP contribution >= 0.6 is 11.3 Å². The molecule has 1 N–H and O–H groups in total. The van der Waals surface area contributed by atoms with Crippen LogP contribution in [0.25, 0.3) is 0 Å². The van der Waals surface area contributed by atoms with E-state index in [9.17, 15) is 9.59 Å². The van der Waals surface area contributed by atoms with Crippen LogP contribution in [-0.4, -0.2) is 19.0 Å². The summed E-state index contributed by atoms with van der Waals surface area (Å²) >= 11 is 1.48. The molecule has 4 nitrogen and oxygen atoms in total. The van der Waals surface area contributed by atoms with Gasteiger partial charge in [0.15, 0.2) is 0 Å². The van der Waals surface area contributed by atoms with Crippen molar-refractivity contribution in [2.75, 3.05) is 7.11 Å². The predicted octanol–water partition coefficient (Wildman–Crippen LogP) is 2.12. The Bertz CT molecular complexity index is 464. The van der Waals surface area contributed by atoms with Gasteiger partial charge in [-0.1, -0.05) is 13.8 Å². The highest BCUT2D eigenvalue weighted by atomic mass is 32.1. The van der Waals surface area contributed by atoms with E-state index in [4.69, 9.17) is 4.74 Å². The molecule has 0 bridgehead atoms. The van der Waals surface area contributed by atoms with E-state index in [2.05, 4.69) is 5.32 Å². The lowest BCUT2D eigenvalue weighted by molar-refractivity contribution is -0.119. The van der Waals surface area contributed by atoms with Crippen molar-refractivity contribution in [2.45, 2.75) is 26.3 Å². The number of hydrogen-bond acceptors (Lipinski definition) is 4. The van der Waals surface area contributed by atoms with Crippen molar-refractivity contribution in [3.05, 3.63) is 21.9 Å². The SMILES string of the molecule is COC(=O)c1ccsc1C1NC(=O)CC1(C)C. The van der Waals surface area contributed by atoms with Crippen molar-refractivity contribution in [3.63, 3.8) is 0 Å². The maximum Gasteiger partial charge on any atom is 0.339 e. The average molecular weight is 253 g/mol. The molecule has 0 radical (unpaired) electrons. The minimum atomic E-state index is -0.349. The number of esters is 1. The van der Waals surface area contributed by atoms with Crippen LogP contribution in [0.2, 0.25) is 0 Å². The van der Waals surface area contributed by atoms with Gasteiger partial charge in [0, 0.05) is 11.3 Å². The van der Waals surface area contributed by atoms with E-state index < -0.39 is 0 Å². The molecule has 0 spiro atoms. The molecule has 1 saturated heterocycles. The molecule has 0 aromatic carbocycles. The minimum Gasteiger partial charge on any atom is -0.465 e. The van der Waals surface area contributed by atoms with E-state index in [1.165, 1.54) is 18.4 Å². The Kier molecular flexibility index (Phi) is 2.95. The lowest BCUT2D eigenvalue weighted by atomic mass is 9.83. The average Bonchev–Trinajstić information content (AvgIpc) is 2.80. The van der Waals surface area contributed by atoms with E-state index in [-0.39, 0.29) is 23.3 Å². The van der Waals surface area contributed by atoms with Crippen molar-refractivity contribution in [3.8, 4) is 0 Å². The molecule has 1 aromatic heterocycles. The Hall–Kier alpha value is -1.36. The lowest BCUT2D eigenvalue weighted by Crippen LogP contribution is -2.25. The first kappa shape index (κ1) is 12.1. The van der Waals surface area contributed by atoms with Crippen LogP contribution in [0, 0.1) is 5.41 Å². The van der Waals surface area contributed by atoms with Gasteiger partial charge in [-0.2, -0.15) is 0 Å². The smallest absolute Gasteiger partial charge is 0.339 e. The molecule has 2 heterocycles. The van der Waals surface area contributed by atoms with Crippen LogP contribution in [0.3, 0.4) is 0 Å². The summed E-state index contributed by atoms with van der Waals surface area (Å²) in [7, 11) is 1.36. The number of hydrogen-bond donors (Lipinski definition) is 1. The van der Waals surface area contributed by atoms with Gasteiger partial charge in [-0.05, 0) is 16.9 Å². The maximum atomic E-state index is 11.6. The Morgan fingerprint density at radius 1 is 1.59 bits per heavy atom. The normalized spacial score (nSPS) is 22.3. The highest BCUT2D eigenvalue weighted by Gasteiger charge is 2.42. The van der Waals surface area contributed by atoms with Gasteiger partial charge in [0.2, 0.25) is 5.91 Å². The molecule has 1 unspecified atom stereocenters. The van der Waals surface area contributed by atoms with Gasteiger partial charge < -0.3 is 10.1 Å². The molecule has 1 atom stereocenters. The van der Waals surface area contributed by atoms with Gasteiger partial charge in [-0.15, -0.1) is 11.3 Å². The summed E-state index contributed by atoms with van der Waals surface area (Å²) in [5.41, 5.74) is 0.378. The summed E-state index contributed by atoms with van der Waals surface area (Å²) in [5.74, 6) is -0.317. The van der Waals surface area contributed by atoms with E-state index in [1.54, 1.807) is 6.07 Å². The van der Waals surface area contributed by atoms with E-state index in [1.807, 2.05) is 19.2 Å². The molecular weight excluding hydrogens is 238 g/mol. The summed E-state index contributed by atoms with van der Waals surface area (Å²) in [6.45, 7) is 4.05. The molecule has 17 heavy (non-hydrogen) atoms. The minimum absolute atomic E-state index is 0.0317. The molecule has 0 saturated carbocycles. The third kappa shape index (κ3) is 2.07. The highest BCUT2D eigenvalue weighted by molar-refractivity contribution is 7.10. The first-order chi connectivity index (χ1) is 7.95. The summed E-state index contributed by atoms with van der Waals surface area (Å²) < 4.78 is 4.74. The molecule has 2 rings (SSSR count). The van der Waals surface area contributed by atoms with E-state index >= 15 is 0 Å². The van der Waals surface area contributed by atoms with Gasteiger partial charge in [0.1, 0.15) is 0 Å². The highest BCUT2D eigenvalue weighted by Crippen LogP contribution is 2.44. The third-order valence-corrected chi connectivity index (χ3v) is 4.05. The second-order valence-corrected chi connectivity index (χ2v) is 5.80. The Labute approximate surface area is 104 Å². The second kappa shape index (κ2) is 4.14. The maximum absolute atomic E-state index is 11.6. The molecular formula is C12H15NO3S. The zero-order valence-corrected chi connectivity index (χ0v) is 10.9. The molecule has 5 heteroatoms. The van der Waals surface area contributed by atoms with Crippen molar-refractivity contribution in [1.82, 2.24) is 5.32 Å². The fraction of sp³-hybridized carbons (Fsp3) is 0.500. The number of carbonyl (C=O) groups excluding carboxylic acids is 2. The molecule has 1 aliphatic rings. The number of carbonyl (C=O) groups is 2. The van der Waals surface area contributed by atoms with Gasteiger partial charge in [0.05, 0.1) is 18.7 Å². The van der Waals surface area contributed by atoms with E-state index in [0.717, 1.165) is 4.88 Å². The number of thiophene rings is 1. The van der Waals surface area contributed by atoms with Crippen LogP contribution in [0.4, 0.5) is 0 Å². The molecule has 1 amide bonds. The largest absolute Gasteiger partial charge is 0.465 e. The lowest BCUT2D eigenvalue weighted by Gasteiger charge is -2.25. The molecule has 1 fully saturated rings. The van der Waals surface area contributed by atoms with Crippen LogP contribution < -0.4 is 5.32 Å². The van der Waals surface area contributed by atoms with Crippen molar-refractivity contribution in [1.29, 1.82) is 0 Å².